The molecule has 0 saturated heterocycles. The molecule has 1 heterocycles. The minimum Gasteiger partial charge on any atom is -0.392 e. The average molecular weight is 98.1 g/mol. The molecule has 0 aliphatic rings. The van der Waals surface area contributed by atoms with E-state index >= 15 is 0 Å². The summed E-state index contributed by atoms with van der Waals surface area (Å²) in [7, 11) is 3.09. The molecule has 37 valence electrons. The molecule has 0 bridgehead atoms. The van der Waals surface area contributed by atoms with Gasteiger partial charge in [-0.1, -0.05) is 4.85 Å². The fourth-order valence-corrected chi connectivity index (χ4v) is 0.264. The summed E-state index contributed by atoms with van der Waals surface area (Å²) in [5.74, 6) is 0. The fraction of sp³-hybridized carbons (Fsp3) is 0. The summed E-state index contributed by atoms with van der Waals surface area (Å²) in [6.45, 7) is 0. The lowest BCUT2D eigenvalue weighted by molar-refractivity contribution is 0.168. The average Bonchev–Trinajstić information content (AvgIpc) is 2.14. The van der Waals surface area contributed by atoms with Crippen molar-refractivity contribution >= 4 is 0 Å². The molecular weight excluding hydrogens is 94.1 g/mol. The molecule has 0 N–H and O–H groups in total. The molecule has 0 spiro atoms. The topological polar surface area (TPSA) is 39.9 Å². The summed E-state index contributed by atoms with van der Waals surface area (Å²) < 4.78 is 0. The monoisotopic (exact) mass is 98.0 g/mol. The third kappa shape index (κ3) is 0.677. The molecule has 4 heteroatoms. The molecule has 7 heavy (non-hydrogen) atoms. The van der Waals surface area contributed by atoms with Crippen LogP contribution in [0.1, 0.15) is 0 Å². The summed E-state index contributed by atoms with van der Waals surface area (Å²) in [6.07, 6.45) is 2.78. The van der Waals surface area contributed by atoms with Crippen molar-refractivity contribution in [3.05, 3.63) is 19.8 Å². The van der Waals surface area contributed by atoms with Crippen LogP contribution in [0, 0.1) is 7.11 Å². The van der Waals surface area contributed by atoms with E-state index in [0.29, 0.717) is 0 Å². The van der Waals surface area contributed by atoms with Crippen LogP contribution in [0.5, 0.6) is 0 Å². The lowest BCUT2D eigenvalue weighted by Gasteiger charge is -1.89. The highest BCUT2D eigenvalue weighted by atomic mass is 16.7. The molecule has 0 saturated carbocycles. The van der Waals surface area contributed by atoms with E-state index in [2.05, 4.69) is 22.0 Å². The zero-order valence-corrected chi connectivity index (χ0v) is 3.61. The van der Waals surface area contributed by atoms with Crippen LogP contribution in [0.3, 0.4) is 0 Å². The lowest BCUT2D eigenvalue weighted by Crippen LogP contribution is -2.02. The van der Waals surface area contributed by atoms with Crippen LogP contribution in [-0.4, -0.2) is 14.9 Å². The van der Waals surface area contributed by atoms with Gasteiger partial charge in [0.25, 0.3) is 0 Å². The Balaban J connectivity index is 2.76. The highest BCUT2D eigenvalue weighted by Crippen LogP contribution is 1.68. The van der Waals surface area contributed by atoms with Crippen LogP contribution in [0.2, 0.25) is 0 Å². The summed E-state index contributed by atoms with van der Waals surface area (Å²) in [6, 6.07) is 0. The van der Waals surface area contributed by atoms with Crippen molar-refractivity contribution in [2.24, 2.45) is 0 Å². The Kier molecular flexibility index (Phi) is 0.934. The third-order valence-electron chi connectivity index (χ3n) is 0.530. The van der Waals surface area contributed by atoms with E-state index in [1.807, 2.05) is 0 Å². The predicted octanol–water partition coefficient (Wildman–Crippen LogP) is -0.502. The highest BCUT2D eigenvalue weighted by molar-refractivity contribution is 4.48. The zero-order chi connectivity index (χ0) is 5.11. The van der Waals surface area contributed by atoms with Gasteiger partial charge in [-0.3, -0.25) is 0 Å². The number of rotatable bonds is 1. The van der Waals surface area contributed by atoms with Gasteiger partial charge >= 0.3 is 0 Å². The smallest absolute Gasteiger partial charge is 0.155 e. The Morgan fingerprint density at radius 1 is 1.71 bits per heavy atom. The molecule has 0 unspecified atom stereocenters. The second-order valence-electron chi connectivity index (χ2n) is 0.927. The van der Waals surface area contributed by atoms with Gasteiger partial charge in [-0.25, -0.2) is 4.98 Å². The minimum absolute atomic E-state index is 1.15. The predicted molar refractivity (Wildman–Crippen MR) is 22.0 cm³/mol. The van der Waals surface area contributed by atoms with Crippen molar-refractivity contribution in [1.82, 2.24) is 14.9 Å². The van der Waals surface area contributed by atoms with Crippen LogP contribution in [-0.2, 0) is 0 Å². The molecular formula is C3H4N3O. The van der Waals surface area contributed by atoms with Gasteiger partial charge in [0.15, 0.2) is 13.4 Å². The van der Waals surface area contributed by atoms with E-state index in [1.165, 1.54) is 12.7 Å². The number of nitrogens with zero attached hydrogens (tertiary/aromatic N) is 3. The van der Waals surface area contributed by atoms with Gasteiger partial charge in [-0.2, -0.15) is 0 Å². The maximum Gasteiger partial charge on any atom is 0.155 e. The Morgan fingerprint density at radius 2 is 2.57 bits per heavy atom. The molecule has 1 radical (unpaired) electrons. The summed E-state index contributed by atoms with van der Waals surface area (Å²) in [4.78, 5) is 9.08. The number of hydrogen-bond donors (Lipinski definition) is 0. The Morgan fingerprint density at radius 3 is 2.86 bits per heavy atom. The fourth-order valence-electron chi connectivity index (χ4n) is 0.264. The SMILES string of the molecule is [CH2]On1cncn1. The van der Waals surface area contributed by atoms with E-state index in [0.717, 1.165) is 4.85 Å². The Labute approximate surface area is 40.7 Å². The van der Waals surface area contributed by atoms with Crippen molar-refractivity contribution in [1.29, 1.82) is 0 Å². The van der Waals surface area contributed by atoms with Crippen molar-refractivity contribution < 1.29 is 4.84 Å². The first-order valence-electron chi connectivity index (χ1n) is 1.70. The van der Waals surface area contributed by atoms with Crippen LogP contribution in [0.25, 0.3) is 0 Å². The molecule has 0 aliphatic carbocycles. The standard InChI is InChI=1S/C3H4N3O/c1-7-6-3-4-2-5-6/h2-3H,1H2. The van der Waals surface area contributed by atoms with Crippen molar-refractivity contribution in [2.75, 3.05) is 0 Å². The van der Waals surface area contributed by atoms with E-state index in [9.17, 15) is 0 Å². The quantitative estimate of drug-likeness (QED) is 0.475. The Bertz CT molecular complexity index is 125. The van der Waals surface area contributed by atoms with E-state index in [1.54, 1.807) is 0 Å². The number of hydrogen-bond acceptors (Lipinski definition) is 3. The molecule has 0 amide bonds. The minimum atomic E-state index is 1.15. The molecule has 4 nitrogen and oxygen atoms in total. The van der Waals surface area contributed by atoms with Crippen LogP contribution < -0.4 is 4.84 Å². The lowest BCUT2D eigenvalue weighted by atomic mass is 11.3. The third-order valence-corrected chi connectivity index (χ3v) is 0.530. The highest BCUT2D eigenvalue weighted by Gasteiger charge is 1.78. The summed E-state index contributed by atoms with van der Waals surface area (Å²) >= 11 is 0. The second kappa shape index (κ2) is 1.59. The van der Waals surface area contributed by atoms with E-state index in [-0.39, 0.29) is 0 Å². The first kappa shape index (κ1) is 4.11. The van der Waals surface area contributed by atoms with Gasteiger partial charge in [0, 0.05) is 0 Å². The molecule has 0 fully saturated rings. The molecule has 0 aliphatic heterocycles. The Hall–Kier alpha value is -1.06. The summed E-state index contributed by atoms with van der Waals surface area (Å²) in [5, 5.41) is 3.56. The van der Waals surface area contributed by atoms with E-state index in [4.69, 9.17) is 0 Å². The van der Waals surface area contributed by atoms with Crippen LogP contribution in [0.4, 0.5) is 0 Å². The van der Waals surface area contributed by atoms with Gasteiger partial charge in [-0.05, 0) is 0 Å². The first-order valence-corrected chi connectivity index (χ1v) is 1.70. The van der Waals surface area contributed by atoms with Gasteiger partial charge in [-0.15, -0.1) is 5.10 Å². The van der Waals surface area contributed by atoms with Gasteiger partial charge in [0.2, 0.25) is 0 Å². The molecule has 1 aromatic rings. The van der Waals surface area contributed by atoms with Gasteiger partial charge in [0.05, 0.1) is 0 Å². The van der Waals surface area contributed by atoms with E-state index < -0.39 is 0 Å². The van der Waals surface area contributed by atoms with Crippen LogP contribution >= 0.6 is 0 Å². The molecule has 1 rings (SSSR count). The second-order valence-corrected chi connectivity index (χ2v) is 0.927. The van der Waals surface area contributed by atoms with Crippen molar-refractivity contribution in [3.8, 4) is 0 Å². The molecule has 1 aromatic heterocycles. The summed E-state index contributed by atoms with van der Waals surface area (Å²) in [5.41, 5.74) is 0. The first-order chi connectivity index (χ1) is 3.43. The molecule has 0 aromatic carbocycles. The molecule has 0 atom stereocenters. The van der Waals surface area contributed by atoms with Crippen molar-refractivity contribution in [2.45, 2.75) is 0 Å². The van der Waals surface area contributed by atoms with Gasteiger partial charge < -0.3 is 4.84 Å². The largest absolute Gasteiger partial charge is 0.392 e. The zero-order valence-electron chi connectivity index (χ0n) is 3.61. The maximum absolute atomic E-state index is 4.35. The number of aromatic nitrogens is 3. The van der Waals surface area contributed by atoms with Crippen LogP contribution in [0.15, 0.2) is 12.7 Å². The maximum atomic E-state index is 4.35. The normalized spacial score (nSPS) is 8.71. The van der Waals surface area contributed by atoms with Crippen molar-refractivity contribution in [3.63, 3.8) is 0 Å². The van der Waals surface area contributed by atoms with Gasteiger partial charge in [0.1, 0.15) is 6.33 Å².